The molecule has 16 nitrogen and oxygen atoms in total. The summed E-state index contributed by atoms with van der Waals surface area (Å²) < 4.78 is 125. The number of alkyl halides is 6. The van der Waals surface area contributed by atoms with Gasteiger partial charge in [0, 0.05) is 63.5 Å². The number of carbonyl (C=O) groups excluding carboxylic acids is 4. The zero-order valence-corrected chi connectivity index (χ0v) is 33.4. The monoisotopic (exact) mass is 881 g/mol. The number of nitrogens with zero attached hydrogens (tertiary/aromatic N) is 6. The molecule has 0 radical (unpaired) electrons. The number of sulfone groups is 2. The van der Waals surface area contributed by atoms with E-state index in [2.05, 4.69) is 14.6 Å². The van der Waals surface area contributed by atoms with Gasteiger partial charge < -0.3 is 29.3 Å². The van der Waals surface area contributed by atoms with Gasteiger partial charge in [-0.15, -0.1) is 10.2 Å². The van der Waals surface area contributed by atoms with E-state index in [0.29, 0.717) is 24.2 Å². The summed E-state index contributed by atoms with van der Waals surface area (Å²) in [4.78, 5) is 54.1. The Morgan fingerprint density at radius 2 is 1.12 bits per heavy atom. The number of Topliss-reactive ketones (excluding diaryl/α,β-unsaturated/α-hetero) is 1. The van der Waals surface area contributed by atoms with Crippen molar-refractivity contribution in [2.75, 3.05) is 68.8 Å². The summed E-state index contributed by atoms with van der Waals surface area (Å²) in [7, 11) is -6.19. The van der Waals surface area contributed by atoms with Crippen molar-refractivity contribution in [1.82, 2.24) is 35.1 Å². The molecule has 324 valence electrons. The van der Waals surface area contributed by atoms with Gasteiger partial charge in [-0.2, -0.15) is 26.3 Å². The van der Waals surface area contributed by atoms with Crippen LogP contribution in [0.3, 0.4) is 0 Å². The fraction of sp³-hybridized carbons (Fsp3) is 0.486. The topological polar surface area (TPSA) is 200 Å². The molecule has 3 heterocycles. The second-order valence-corrected chi connectivity index (χ2v) is 17.9. The Balaban J connectivity index is 0.000000261. The quantitative estimate of drug-likeness (QED) is 0.230. The first-order valence-electron chi connectivity index (χ1n) is 18.0. The molecule has 0 bridgehead atoms. The molecular weight excluding hydrogens is 841 g/mol. The van der Waals surface area contributed by atoms with E-state index in [1.165, 1.54) is 44.3 Å². The fourth-order valence-corrected chi connectivity index (χ4v) is 8.05. The Hall–Kier alpha value is -5.26. The molecule has 0 aliphatic carbocycles. The second kappa shape index (κ2) is 19.2. The zero-order valence-electron chi connectivity index (χ0n) is 31.8. The summed E-state index contributed by atoms with van der Waals surface area (Å²) in [6.45, 7) is 4.69. The number of hydrogen-bond acceptors (Lipinski definition) is 11. The van der Waals surface area contributed by atoms with Crippen LogP contribution in [-0.2, 0) is 43.7 Å². The third-order valence-electron chi connectivity index (χ3n) is 9.09. The fourth-order valence-electron chi connectivity index (χ4n) is 5.64. The largest absolute Gasteiger partial charge is 0.471 e. The van der Waals surface area contributed by atoms with Crippen LogP contribution < -0.4 is 5.32 Å². The van der Waals surface area contributed by atoms with Gasteiger partial charge in [0.25, 0.3) is 0 Å². The summed E-state index contributed by atoms with van der Waals surface area (Å²) in [5.41, 5.74) is 1.89. The molecule has 1 aromatic heterocycles. The highest BCUT2D eigenvalue weighted by molar-refractivity contribution is 7.91. The molecule has 24 heteroatoms. The van der Waals surface area contributed by atoms with Crippen molar-refractivity contribution >= 4 is 43.4 Å². The molecule has 0 saturated carbocycles. The molecule has 5 amide bonds. The van der Waals surface area contributed by atoms with Crippen LogP contribution in [-0.4, -0.2) is 145 Å². The van der Waals surface area contributed by atoms with E-state index < -0.39 is 56.2 Å². The molecule has 59 heavy (non-hydrogen) atoms. The van der Waals surface area contributed by atoms with Crippen LogP contribution in [0, 0.1) is 0 Å². The smallest absolute Gasteiger partial charge is 0.413 e. The highest BCUT2D eigenvalue weighted by Gasteiger charge is 2.39. The molecule has 0 spiro atoms. The first kappa shape index (κ1) is 46.4. The van der Waals surface area contributed by atoms with E-state index in [9.17, 15) is 62.4 Å². The molecule has 2 fully saturated rings. The molecule has 0 atom stereocenters. The lowest BCUT2D eigenvalue weighted by atomic mass is 10.1. The first-order chi connectivity index (χ1) is 27.5. The zero-order chi connectivity index (χ0) is 43.8. The average molecular weight is 882 g/mol. The van der Waals surface area contributed by atoms with E-state index in [1.807, 2.05) is 6.92 Å². The van der Waals surface area contributed by atoms with Gasteiger partial charge in [-0.3, -0.25) is 9.59 Å². The highest BCUT2D eigenvalue weighted by Crippen LogP contribution is 2.30. The van der Waals surface area contributed by atoms with Crippen molar-refractivity contribution in [2.45, 2.75) is 39.3 Å². The van der Waals surface area contributed by atoms with Crippen LogP contribution in [0.15, 0.2) is 52.9 Å². The standard InChI is InChI=1S/C18H22F3N3O5S.C17H19F3N4O4S/c1-2-23(17(27)24-7-9-30(28,29)10-8-24)12-13-3-5-14(6-4-13)15(25)11-22-16(26)18(19,20)21;1-2-23(16(25)24-7-9-29(26,27)10-8-24)11-12-3-5-13(6-4-12)14-21-22-15(28-14)17(18,19)20/h3-6H,2,7-12H2,1H3,(H,22,26);3-6H,2,7-11H2,1H3. The van der Waals surface area contributed by atoms with Gasteiger partial charge >= 0.3 is 36.2 Å². The minimum absolute atomic E-state index is 0.0465. The van der Waals surface area contributed by atoms with Crippen molar-refractivity contribution in [1.29, 1.82) is 0 Å². The van der Waals surface area contributed by atoms with Crippen LogP contribution in [0.25, 0.3) is 11.5 Å². The maximum absolute atomic E-state index is 12.6. The molecule has 5 rings (SSSR count). The number of aromatic nitrogens is 2. The van der Waals surface area contributed by atoms with Gasteiger partial charge in [0.05, 0.1) is 29.6 Å². The minimum Gasteiger partial charge on any atom is -0.413 e. The molecule has 2 aliphatic rings. The van der Waals surface area contributed by atoms with E-state index in [4.69, 9.17) is 0 Å². The van der Waals surface area contributed by atoms with Crippen molar-refractivity contribution in [3.63, 3.8) is 0 Å². The number of nitrogens with one attached hydrogen (secondary N) is 1. The Labute approximate surface area is 335 Å². The number of halogens is 6. The lowest BCUT2D eigenvalue weighted by molar-refractivity contribution is -0.173. The van der Waals surface area contributed by atoms with Crippen LogP contribution in [0.1, 0.15) is 41.2 Å². The van der Waals surface area contributed by atoms with Crippen molar-refractivity contribution < 1.29 is 66.8 Å². The first-order valence-corrected chi connectivity index (χ1v) is 21.6. The Kier molecular flexibility index (Phi) is 15.1. The maximum Gasteiger partial charge on any atom is 0.471 e. The Morgan fingerprint density at radius 3 is 1.49 bits per heavy atom. The number of amides is 5. The average Bonchev–Trinajstić information content (AvgIpc) is 3.69. The van der Waals surface area contributed by atoms with Crippen molar-refractivity contribution in [3.8, 4) is 11.5 Å². The van der Waals surface area contributed by atoms with Gasteiger partial charge in [0.15, 0.2) is 25.5 Å². The Bertz CT molecular complexity index is 2160. The predicted octanol–water partition coefficient (Wildman–Crippen LogP) is 3.65. The van der Waals surface area contributed by atoms with Gasteiger partial charge in [-0.1, -0.05) is 36.4 Å². The van der Waals surface area contributed by atoms with E-state index in [0.717, 1.165) is 5.56 Å². The van der Waals surface area contributed by atoms with Crippen LogP contribution in [0.5, 0.6) is 0 Å². The van der Waals surface area contributed by atoms with Crippen molar-refractivity contribution in [3.05, 3.63) is 71.1 Å². The summed E-state index contributed by atoms with van der Waals surface area (Å²) >= 11 is 0. The second-order valence-electron chi connectivity index (χ2n) is 13.3. The predicted molar refractivity (Wildman–Crippen MR) is 198 cm³/mol. The van der Waals surface area contributed by atoms with Crippen molar-refractivity contribution in [2.24, 2.45) is 0 Å². The number of benzene rings is 2. The molecular formula is C35H41F6N7O9S2. The van der Waals surface area contributed by atoms with Gasteiger partial charge in [-0.25, -0.2) is 26.4 Å². The molecule has 2 aromatic carbocycles. The van der Waals surface area contributed by atoms with Crippen LogP contribution in [0.2, 0.25) is 0 Å². The Morgan fingerprint density at radius 1 is 0.695 bits per heavy atom. The van der Waals surface area contributed by atoms with Gasteiger partial charge in [-0.05, 0) is 37.1 Å². The number of hydrogen-bond donors (Lipinski definition) is 1. The molecule has 0 unspecified atom stereocenters. The molecule has 2 aliphatic heterocycles. The summed E-state index contributed by atoms with van der Waals surface area (Å²) in [5.74, 6) is -4.77. The summed E-state index contributed by atoms with van der Waals surface area (Å²) in [6.07, 6.45) is -9.76. The highest BCUT2D eigenvalue weighted by atomic mass is 32.2. The van der Waals surface area contributed by atoms with E-state index in [-0.39, 0.29) is 85.8 Å². The normalized spacial score (nSPS) is 16.3. The number of carbonyl (C=O) groups is 4. The third kappa shape index (κ3) is 13.4. The van der Waals surface area contributed by atoms with Gasteiger partial charge in [0.2, 0.25) is 5.89 Å². The van der Waals surface area contributed by atoms with Crippen LogP contribution >= 0.6 is 0 Å². The number of rotatable bonds is 10. The maximum atomic E-state index is 12.6. The molecule has 1 N–H and O–H groups in total. The van der Waals surface area contributed by atoms with E-state index in [1.54, 1.807) is 36.1 Å². The summed E-state index contributed by atoms with van der Waals surface area (Å²) in [6, 6.07) is 11.8. The van der Waals surface area contributed by atoms with Gasteiger partial charge in [0.1, 0.15) is 0 Å². The van der Waals surface area contributed by atoms with Crippen LogP contribution in [0.4, 0.5) is 35.9 Å². The third-order valence-corrected chi connectivity index (χ3v) is 12.3. The van der Waals surface area contributed by atoms with E-state index >= 15 is 0 Å². The molecule has 2 saturated heterocycles. The SMILES string of the molecule is CCN(Cc1ccc(-c2nnc(C(F)(F)F)o2)cc1)C(=O)N1CCS(=O)(=O)CC1.CCN(Cc1ccc(C(=O)CNC(=O)C(F)(F)F)cc1)C(=O)N1CCS(=O)(=O)CC1. The molecule has 3 aromatic rings. The lowest BCUT2D eigenvalue weighted by Crippen LogP contribution is -2.49. The summed E-state index contributed by atoms with van der Waals surface area (Å²) in [5, 5.41) is 7.91. The number of urea groups is 2. The number of ketones is 1. The minimum atomic E-state index is -5.06. The lowest BCUT2D eigenvalue weighted by Gasteiger charge is -2.32.